The van der Waals surface area contributed by atoms with Gasteiger partial charge in [0.25, 0.3) is 0 Å². The molecule has 2 heterocycles. The van der Waals surface area contributed by atoms with Crippen molar-refractivity contribution >= 4 is 50.2 Å². The van der Waals surface area contributed by atoms with Gasteiger partial charge >= 0.3 is 0 Å². The van der Waals surface area contributed by atoms with Crippen LogP contribution in [0.25, 0.3) is 11.2 Å². The van der Waals surface area contributed by atoms with Crippen LogP contribution in [0, 0.1) is 0 Å². The summed E-state index contributed by atoms with van der Waals surface area (Å²) in [5.41, 5.74) is 2.30. The third-order valence-electron chi connectivity index (χ3n) is 3.70. The van der Waals surface area contributed by atoms with Crippen molar-refractivity contribution in [3.05, 3.63) is 34.3 Å². The summed E-state index contributed by atoms with van der Waals surface area (Å²) in [6.07, 6.45) is 4.11. The average molecular weight is 395 g/mol. The summed E-state index contributed by atoms with van der Waals surface area (Å²) < 4.78 is 8.25. The first-order valence-corrected chi connectivity index (χ1v) is 8.33. The summed E-state index contributed by atoms with van der Waals surface area (Å²) >= 11 is 9.56. The van der Waals surface area contributed by atoms with Crippen molar-refractivity contribution < 1.29 is 4.74 Å². The number of imidazole rings is 1. The summed E-state index contributed by atoms with van der Waals surface area (Å²) in [7, 11) is 1.63. The van der Waals surface area contributed by atoms with E-state index >= 15 is 0 Å². The number of fused-ring (bicyclic) bond motifs is 1. The summed E-state index contributed by atoms with van der Waals surface area (Å²) in [6, 6.07) is 6.17. The van der Waals surface area contributed by atoms with Crippen LogP contribution in [0.3, 0.4) is 0 Å². The predicted molar refractivity (Wildman–Crippen MR) is 92.6 cm³/mol. The van der Waals surface area contributed by atoms with Gasteiger partial charge in [0.2, 0.25) is 5.28 Å². The van der Waals surface area contributed by atoms with E-state index < -0.39 is 0 Å². The fourth-order valence-electron chi connectivity index (χ4n) is 2.49. The lowest BCUT2D eigenvalue weighted by Crippen LogP contribution is -2.00. The van der Waals surface area contributed by atoms with Gasteiger partial charge in [-0.1, -0.05) is 15.9 Å². The molecule has 1 aliphatic rings. The van der Waals surface area contributed by atoms with Crippen molar-refractivity contribution in [1.82, 2.24) is 19.5 Å². The zero-order chi connectivity index (χ0) is 16.0. The topological polar surface area (TPSA) is 64.9 Å². The van der Waals surface area contributed by atoms with E-state index in [1.807, 2.05) is 18.2 Å². The number of benzene rings is 1. The van der Waals surface area contributed by atoms with Crippen molar-refractivity contribution in [2.24, 2.45) is 0 Å². The minimum absolute atomic E-state index is 0.198. The van der Waals surface area contributed by atoms with Gasteiger partial charge in [-0.2, -0.15) is 9.97 Å². The van der Waals surface area contributed by atoms with Gasteiger partial charge in [0, 0.05) is 22.3 Å². The Hall–Kier alpha value is -1.86. The molecule has 1 aromatic carbocycles. The molecule has 0 bridgehead atoms. The van der Waals surface area contributed by atoms with Crippen LogP contribution in [0.1, 0.15) is 18.9 Å². The number of hydrogen-bond acceptors (Lipinski definition) is 5. The second-order valence-electron chi connectivity index (χ2n) is 5.40. The van der Waals surface area contributed by atoms with Crippen LogP contribution < -0.4 is 10.1 Å². The Balaban J connectivity index is 1.78. The third-order valence-corrected chi connectivity index (χ3v) is 4.33. The van der Waals surface area contributed by atoms with Crippen LogP contribution in [-0.4, -0.2) is 26.6 Å². The molecule has 0 amide bonds. The summed E-state index contributed by atoms with van der Waals surface area (Å²) in [5.74, 6) is 1.32. The molecule has 1 saturated carbocycles. The molecule has 0 radical (unpaired) electrons. The van der Waals surface area contributed by atoms with Gasteiger partial charge in [0.15, 0.2) is 17.0 Å². The molecule has 1 aliphatic carbocycles. The molecule has 1 fully saturated rings. The number of methoxy groups -OCH3 is 1. The van der Waals surface area contributed by atoms with E-state index in [2.05, 4.69) is 40.8 Å². The van der Waals surface area contributed by atoms with E-state index in [-0.39, 0.29) is 5.28 Å². The predicted octanol–water partition coefficient (Wildman–Crippen LogP) is 4.33. The Morgan fingerprint density at radius 3 is 2.87 bits per heavy atom. The molecule has 3 aromatic rings. The molecule has 118 valence electrons. The van der Waals surface area contributed by atoms with Gasteiger partial charge in [-0.15, -0.1) is 0 Å². The maximum absolute atomic E-state index is 6.10. The first-order chi connectivity index (χ1) is 11.1. The second kappa shape index (κ2) is 5.65. The number of anilines is 2. The molecule has 8 heteroatoms. The standard InChI is InChI=1S/C15H13BrClN5O/c1-23-11-5-8(16)4-9(6-11)19-13-12-14(21-15(17)20-13)22(7-18-12)10-2-3-10/h4-7,10H,2-3H2,1H3,(H,19,20,21). The Morgan fingerprint density at radius 1 is 1.30 bits per heavy atom. The molecule has 1 N–H and O–H groups in total. The van der Waals surface area contributed by atoms with Crippen molar-refractivity contribution in [1.29, 1.82) is 0 Å². The van der Waals surface area contributed by atoms with E-state index in [0.29, 0.717) is 17.4 Å². The maximum atomic E-state index is 6.10. The van der Waals surface area contributed by atoms with Gasteiger partial charge in [0.05, 0.1) is 13.4 Å². The SMILES string of the molecule is COc1cc(Br)cc(Nc2nc(Cl)nc3c2ncn3C2CC2)c1. The Morgan fingerprint density at radius 2 is 2.13 bits per heavy atom. The molecular weight excluding hydrogens is 382 g/mol. The monoisotopic (exact) mass is 393 g/mol. The largest absolute Gasteiger partial charge is 0.497 e. The summed E-state index contributed by atoms with van der Waals surface area (Å²) in [6.45, 7) is 0. The quantitative estimate of drug-likeness (QED) is 0.667. The van der Waals surface area contributed by atoms with Crippen LogP contribution in [0.4, 0.5) is 11.5 Å². The molecule has 2 aromatic heterocycles. The van der Waals surface area contributed by atoms with Gasteiger partial charge in [0.1, 0.15) is 5.75 Å². The fourth-order valence-corrected chi connectivity index (χ4v) is 3.12. The fraction of sp³-hybridized carbons (Fsp3) is 0.267. The zero-order valence-electron chi connectivity index (χ0n) is 12.3. The molecule has 6 nitrogen and oxygen atoms in total. The highest BCUT2D eigenvalue weighted by atomic mass is 79.9. The highest BCUT2D eigenvalue weighted by molar-refractivity contribution is 9.10. The minimum atomic E-state index is 0.198. The first-order valence-electron chi connectivity index (χ1n) is 7.16. The molecule has 0 saturated heterocycles. The van der Waals surface area contributed by atoms with Crippen molar-refractivity contribution in [3.63, 3.8) is 0 Å². The zero-order valence-corrected chi connectivity index (χ0v) is 14.6. The van der Waals surface area contributed by atoms with E-state index in [4.69, 9.17) is 16.3 Å². The van der Waals surface area contributed by atoms with Crippen molar-refractivity contribution in [3.8, 4) is 5.75 Å². The van der Waals surface area contributed by atoms with Gasteiger partial charge in [-0.25, -0.2) is 4.98 Å². The van der Waals surface area contributed by atoms with Crippen LogP contribution in [0.5, 0.6) is 5.75 Å². The molecule has 0 aliphatic heterocycles. The number of hydrogen-bond donors (Lipinski definition) is 1. The number of ether oxygens (including phenoxy) is 1. The van der Waals surface area contributed by atoms with E-state index in [0.717, 1.165) is 34.4 Å². The maximum Gasteiger partial charge on any atom is 0.226 e. The summed E-state index contributed by atoms with van der Waals surface area (Å²) in [5, 5.41) is 3.45. The van der Waals surface area contributed by atoms with Crippen LogP contribution >= 0.6 is 27.5 Å². The van der Waals surface area contributed by atoms with Gasteiger partial charge in [-0.05, 0) is 36.6 Å². The van der Waals surface area contributed by atoms with E-state index in [1.165, 1.54) is 0 Å². The number of halogens is 2. The summed E-state index contributed by atoms with van der Waals surface area (Å²) in [4.78, 5) is 13.1. The van der Waals surface area contributed by atoms with Crippen LogP contribution in [0.2, 0.25) is 5.28 Å². The molecule has 0 unspecified atom stereocenters. The van der Waals surface area contributed by atoms with Gasteiger partial charge < -0.3 is 14.6 Å². The molecular formula is C15H13BrClN5O. The third kappa shape index (κ3) is 2.86. The van der Waals surface area contributed by atoms with E-state index in [9.17, 15) is 0 Å². The highest BCUT2D eigenvalue weighted by Crippen LogP contribution is 2.38. The molecule has 0 spiro atoms. The lowest BCUT2D eigenvalue weighted by atomic mass is 10.3. The lowest BCUT2D eigenvalue weighted by Gasteiger charge is -2.09. The number of aromatic nitrogens is 4. The molecule has 4 rings (SSSR count). The van der Waals surface area contributed by atoms with Crippen LogP contribution in [-0.2, 0) is 0 Å². The number of rotatable bonds is 4. The normalized spacial score (nSPS) is 14.2. The smallest absolute Gasteiger partial charge is 0.226 e. The molecule has 0 atom stereocenters. The Kier molecular flexibility index (Phi) is 3.61. The number of nitrogens with zero attached hydrogens (tertiary/aromatic N) is 4. The minimum Gasteiger partial charge on any atom is -0.497 e. The average Bonchev–Trinajstić information content (AvgIpc) is 3.26. The Bertz CT molecular complexity index is 893. The van der Waals surface area contributed by atoms with Gasteiger partial charge in [-0.3, -0.25) is 0 Å². The van der Waals surface area contributed by atoms with Crippen molar-refractivity contribution in [2.75, 3.05) is 12.4 Å². The number of nitrogens with one attached hydrogen (secondary N) is 1. The highest BCUT2D eigenvalue weighted by Gasteiger charge is 2.26. The lowest BCUT2D eigenvalue weighted by molar-refractivity contribution is 0.415. The Labute approximate surface area is 146 Å². The van der Waals surface area contributed by atoms with E-state index in [1.54, 1.807) is 13.4 Å². The first kappa shape index (κ1) is 14.7. The van der Waals surface area contributed by atoms with Crippen molar-refractivity contribution in [2.45, 2.75) is 18.9 Å². The second-order valence-corrected chi connectivity index (χ2v) is 6.65. The molecule has 23 heavy (non-hydrogen) atoms. The van der Waals surface area contributed by atoms with Crippen LogP contribution in [0.15, 0.2) is 29.0 Å².